The molecule has 0 amide bonds. The number of imidazole rings is 1. The Morgan fingerprint density at radius 1 is 1.24 bits per heavy atom. The lowest BCUT2D eigenvalue weighted by molar-refractivity contribution is -0.142. The van der Waals surface area contributed by atoms with Gasteiger partial charge in [0, 0.05) is 5.56 Å². The number of benzene rings is 2. The van der Waals surface area contributed by atoms with Gasteiger partial charge < -0.3 is 19.2 Å². The molecule has 1 heterocycles. The smallest absolute Gasteiger partial charge is 0.343 e. The van der Waals surface area contributed by atoms with Gasteiger partial charge in [0.1, 0.15) is 5.82 Å². The molecular formula is C18H17BrN2O4. The Labute approximate surface area is 153 Å². The van der Waals surface area contributed by atoms with Gasteiger partial charge in [-0.25, -0.2) is 9.78 Å². The van der Waals surface area contributed by atoms with Crippen LogP contribution in [-0.4, -0.2) is 36.3 Å². The number of nitrogens with zero attached hydrogens (tertiary/aromatic N) is 1. The van der Waals surface area contributed by atoms with E-state index in [2.05, 4.69) is 30.6 Å². The summed E-state index contributed by atoms with van der Waals surface area (Å²) >= 11 is 3.48. The topological polar surface area (TPSA) is 73.4 Å². The maximum atomic E-state index is 11.3. The van der Waals surface area contributed by atoms with E-state index >= 15 is 0 Å². The number of hydrogen-bond donors (Lipinski definition) is 1. The number of esters is 1. The first kappa shape index (κ1) is 17.3. The lowest BCUT2D eigenvalue weighted by atomic mass is 10.2. The largest absolute Gasteiger partial charge is 0.490 e. The Morgan fingerprint density at radius 3 is 2.76 bits per heavy atom. The number of rotatable bonds is 6. The predicted molar refractivity (Wildman–Crippen MR) is 97.9 cm³/mol. The second-order valence-electron chi connectivity index (χ2n) is 5.19. The molecule has 0 saturated carbocycles. The normalized spacial score (nSPS) is 10.7. The highest BCUT2D eigenvalue weighted by atomic mass is 79.9. The quantitative estimate of drug-likeness (QED) is 0.629. The van der Waals surface area contributed by atoms with E-state index in [1.165, 1.54) is 7.11 Å². The van der Waals surface area contributed by atoms with Crippen LogP contribution in [0.3, 0.4) is 0 Å². The monoisotopic (exact) mass is 404 g/mol. The van der Waals surface area contributed by atoms with Gasteiger partial charge in [0.2, 0.25) is 0 Å². The molecule has 0 radical (unpaired) electrons. The summed E-state index contributed by atoms with van der Waals surface area (Å²) < 4.78 is 16.5. The first-order chi connectivity index (χ1) is 12.1. The molecule has 0 atom stereocenters. The summed E-state index contributed by atoms with van der Waals surface area (Å²) in [6.45, 7) is 2.15. The number of hydrogen-bond acceptors (Lipinski definition) is 5. The Morgan fingerprint density at radius 2 is 2.04 bits per heavy atom. The summed E-state index contributed by atoms with van der Waals surface area (Å²) in [6, 6.07) is 11.5. The third kappa shape index (κ3) is 3.76. The van der Waals surface area contributed by atoms with Crippen molar-refractivity contribution >= 4 is 32.9 Å². The predicted octanol–water partition coefficient (Wildman–Crippen LogP) is 3.94. The van der Waals surface area contributed by atoms with Crippen LogP contribution in [0.1, 0.15) is 6.92 Å². The molecule has 0 aliphatic carbocycles. The molecule has 0 spiro atoms. The van der Waals surface area contributed by atoms with E-state index in [4.69, 9.17) is 9.47 Å². The van der Waals surface area contributed by atoms with Gasteiger partial charge in [-0.2, -0.15) is 0 Å². The summed E-state index contributed by atoms with van der Waals surface area (Å²) in [5.74, 6) is 1.24. The van der Waals surface area contributed by atoms with Crippen LogP contribution in [0, 0.1) is 0 Å². The minimum Gasteiger partial charge on any atom is -0.490 e. The van der Waals surface area contributed by atoms with Crippen molar-refractivity contribution in [3.8, 4) is 22.9 Å². The fraction of sp³-hybridized carbons (Fsp3) is 0.222. The van der Waals surface area contributed by atoms with E-state index in [9.17, 15) is 4.79 Å². The van der Waals surface area contributed by atoms with Gasteiger partial charge in [-0.1, -0.05) is 12.1 Å². The van der Waals surface area contributed by atoms with Crippen LogP contribution in [0.5, 0.6) is 11.5 Å². The van der Waals surface area contributed by atoms with Crippen molar-refractivity contribution in [3.05, 3.63) is 40.9 Å². The van der Waals surface area contributed by atoms with Gasteiger partial charge in [0.25, 0.3) is 0 Å². The third-order valence-electron chi connectivity index (χ3n) is 3.53. The fourth-order valence-electron chi connectivity index (χ4n) is 2.39. The van der Waals surface area contributed by atoms with Crippen molar-refractivity contribution in [2.24, 2.45) is 0 Å². The van der Waals surface area contributed by atoms with Gasteiger partial charge in [0.05, 0.1) is 29.2 Å². The molecule has 1 N–H and O–H groups in total. The van der Waals surface area contributed by atoms with Crippen LogP contribution in [0.15, 0.2) is 40.9 Å². The lowest BCUT2D eigenvalue weighted by Gasteiger charge is -2.14. The molecule has 0 aliphatic rings. The number of methoxy groups -OCH3 is 1. The molecule has 0 aliphatic heterocycles. The van der Waals surface area contributed by atoms with Gasteiger partial charge >= 0.3 is 5.97 Å². The second kappa shape index (κ2) is 7.57. The number of carbonyl (C=O) groups is 1. The minimum atomic E-state index is -0.462. The lowest BCUT2D eigenvalue weighted by Crippen LogP contribution is -2.13. The van der Waals surface area contributed by atoms with Crippen LogP contribution < -0.4 is 9.47 Å². The zero-order chi connectivity index (χ0) is 17.8. The van der Waals surface area contributed by atoms with Gasteiger partial charge in [0.15, 0.2) is 18.1 Å². The Hall–Kier alpha value is -2.54. The summed E-state index contributed by atoms with van der Waals surface area (Å²) in [6.07, 6.45) is 0. The van der Waals surface area contributed by atoms with Crippen molar-refractivity contribution < 1.29 is 19.0 Å². The number of ether oxygens (including phenoxy) is 3. The molecule has 6 nitrogen and oxygen atoms in total. The average molecular weight is 405 g/mol. The van der Waals surface area contributed by atoms with Crippen LogP contribution in [-0.2, 0) is 9.53 Å². The number of nitrogens with one attached hydrogen (secondary N) is 1. The maximum Gasteiger partial charge on any atom is 0.343 e. The molecule has 0 saturated heterocycles. The number of halogens is 1. The first-order valence-electron chi connectivity index (χ1n) is 7.73. The zero-order valence-electron chi connectivity index (χ0n) is 13.8. The van der Waals surface area contributed by atoms with Gasteiger partial charge in [-0.05, 0) is 47.1 Å². The van der Waals surface area contributed by atoms with Gasteiger partial charge in [-0.15, -0.1) is 0 Å². The number of fused-ring (bicyclic) bond motifs is 1. The molecule has 3 aromatic rings. The Balaban J connectivity index is 1.99. The summed E-state index contributed by atoms with van der Waals surface area (Å²) in [7, 11) is 1.31. The maximum absolute atomic E-state index is 11.3. The van der Waals surface area contributed by atoms with E-state index in [1.807, 2.05) is 43.3 Å². The highest BCUT2D eigenvalue weighted by Crippen LogP contribution is 2.39. The summed E-state index contributed by atoms with van der Waals surface area (Å²) in [4.78, 5) is 19.2. The van der Waals surface area contributed by atoms with Crippen molar-refractivity contribution in [3.63, 3.8) is 0 Å². The van der Waals surface area contributed by atoms with Crippen LogP contribution in [0.25, 0.3) is 22.4 Å². The highest BCUT2D eigenvalue weighted by molar-refractivity contribution is 9.10. The molecular weight excluding hydrogens is 388 g/mol. The second-order valence-corrected chi connectivity index (χ2v) is 6.04. The van der Waals surface area contributed by atoms with E-state index in [0.29, 0.717) is 22.6 Å². The number of aromatic amines is 1. The van der Waals surface area contributed by atoms with Gasteiger partial charge in [-0.3, -0.25) is 0 Å². The van der Waals surface area contributed by atoms with Crippen molar-refractivity contribution in [2.75, 3.05) is 20.3 Å². The molecule has 0 bridgehead atoms. The van der Waals surface area contributed by atoms with Crippen molar-refractivity contribution in [1.82, 2.24) is 9.97 Å². The molecule has 0 fully saturated rings. The minimum absolute atomic E-state index is 0.195. The molecule has 25 heavy (non-hydrogen) atoms. The molecule has 3 rings (SSSR count). The third-order valence-corrected chi connectivity index (χ3v) is 4.12. The van der Waals surface area contributed by atoms with E-state index < -0.39 is 5.97 Å². The highest BCUT2D eigenvalue weighted by Gasteiger charge is 2.16. The molecule has 0 unspecified atom stereocenters. The standard InChI is InChI=1S/C18H17BrN2O4/c1-3-24-15-9-11(8-12(19)17(15)25-10-16(22)23-2)18-20-13-6-4-5-7-14(13)21-18/h4-9H,3,10H2,1-2H3,(H,20,21). The van der Waals surface area contributed by atoms with Crippen LogP contribution in [0.2, 0.25) is 0 Å². The Bertz CT molecular complexity index is 874. The van der Waals surface area contributed by atoms with Crippen LogP contribution >= 0.6 is 15.9 Å². The molecule has 7 heteroatoms. The number of H-pyrrole nitrogens is 1. The van der Waals surface area contributed by atoms with E-state index in [0.717, 1.165) is 22.4 Å². The van der Waals surface area contributed by atoms with E-state index in [1.54, 1.807) is 0 Å². The number of carbonyl (C=O) groups excluding carboxylic acids is 1. The number of aromatic nitrogens is 2. The first-order valence-corrected chi connectivity index (χ1v) is 8.52. The van der Waals surface area contributed by atoms with Crippen LogP contribution in [0.4, 0.5) is 0 Å². The average Bonchev–Trinajstić information content (AvgIpc) is 3.05. The molecule has 130 valence electrons. The summed E-state index contributed by atoms with van der Waals surface area (Å²) in [5.41, 5.74) is 2.69. The summed E-state index contributed by atoms with van der Waals surface area (Å²) in [5, 5.41) is 0. The van der Waals surface area contributed by atoms with Crippen molar-refractivity contribution in [1.29, 1.82) is 0 Å². The Kier molecular flexibility index (Phi) is 5.23. The molecule has 1 aromatic heterocycles. The SMILES string of the molecule is CCOc1cc(-c2nc3ccccc3[nH]2)cc(Br)c1OCC(=O)OC. The molecule has 2 aromatic carbocycles. The van der Waals surface area contributed by atoms with E-state index in [-0.39, 0.29) is 6.61 Å². The zero-order valence-corrected chi connectivity index (χ0v) is 15.4. The number of para-hydroxylation sites is 2. The van der Waals surface area contributed by atoms with Crippen molar-refractivity contribution in [2.45, 2.75) is 6.92 Å². The fourth-order valence-corrected chi connectivity index (χ4v) is 2.94.